The molecule has 4 aliphatic heterocycles. The number of carbonyl (C=O) groups is 2. The van der Waals surface area contributed by atoms with E-state index in [4.69, 9.17) is 4.74 Å². The maximum absolute atomic E-state index is 12.6. The summed E-state index contributed by atoms with van der Waals surface area (Å²) in [7, 11) is 0. The highest BCUT2D eigenvalue weighted by molar-refractivity contribution is 5.74. The van der Waals surface area contributed by atoms with Crippen LogP contribution in [0, 0.1) is 0 Å². The Kier molecular flexibility index (Phi) is 5.91. The summed E-state index contributed by atoms with van der Waals surface area (Å²) < 4.78 is 5.47. The lowest BCUT2D eigenvalue weighted by Gasteiger charge is -2.51. The largest absolute Gasteiger partial charge is 0.449 e. The first-order chi connectivity index (χ1) is 15.5. The van der Waals surface area contributed by atoms with E-state index in [9.17, 15) is 9.59 Å². The van der Waals surface area contributed by atoms with Crippen molar-refractivity contribution in [1.82, 2.24) is 14.7 Å². The Labute approximate surface area is 191 Å². The Balaban J connectivity index is 1.26. The molecule has 32 heavy (non-hydrogen) atoms. The fourth-order valence-electron chi connectivity index (χ4n) is 6.86. The van der Waals surface area contributed by atoms with E-state index in [1.165, 1.54) is 11.1 Å². The van der Waals surface area contributed by atoms with E-state index < -0.39 is 0 Å². The van der Waals surface area contributed by atoms with Crippen molar-refractivity contribution in [2.45, 2.75) is 88.9 Å². The highest BCUT2D eigenvalue weighted by Crippen LogP contribution is 2.44. The van der Waals surface area contributed by atoms with E-state index in [1.807, 2.05) is 11.8 Å². The van der Waals surface area contributed by atoms with E-state index in [-0.39, 0.29) is 17.4 Å². The predicted octanol–water partition coefficient (Wildman–Crippen LogP) is 3.92. The van der Waals surface area contributed by atoms with Crippen LogP contribution < -0.4 is 0 Å². The van der Waals surface area contributed by atoms with E-state index >= 15 is 0 Å². The second kappa shape index (κ2) is 8.69. The zero-order valence-corrected chi connectivity index (χ0v) is 19.6. The van der Waals surface area contributed by atoms with Gasteiger partial charge in [-0.1, -0.05) is 31.2 Å². The van der Waals surface area contributed by atoms with E-state index in [1.54, 1.807) is 6.92 Å². The average Bonchev–Trinajstić information content (AvgIpc) is 3.07. The number of benzene rings is 1. The molecule has 3 fully saturated rings. The highest BCUT2D eigenvalue weighted by Gasteiger charge is 2.48. The number of amides is 2. The van der Waals surface area contributed by atoms with Gasteiger partial charge in [0.15, 0.2) is 0 Å². The van der Waals surface area contributed by atoms with E-state index in [0.717, 1.165) is 71.1 Å². The lowest BCUT2D eigenvalue weighted by atomic mass is 9.68. The number of hydrogen-bond donors (Lipinski definition) is 0. The van der Waals surface area contributed by atoms with Crippen LogP contribution in [0.1, 0.15) is 69.9 Å². The van der Waals surface area contributed by atoms with Gasteiger partial charge in [-0.15, -0.1) is 0 Å². The summed E-state index contributed by atoms with van der Waals surface area (Å²) in [6.45, 7) is 8.00. The van der Waals surface area contributed by atoms with Crippen molar-refractivity contribution in [3.63, 3.8) is 0 Å². The van der Waals surface area contributed by atoms with Crippen LogP contribution in [0.5, 0.6) is 0 Å². The smallest absolute Gasteiger partial charge is 0.410 e. The molecule has 0 aromatic heterocycles. The lowest BCUT2D eigenvalue weighted by molar-refractivity contribution is -0.131. The molecule has 2 unspecified atom stereocenters. The minimum atomic E-state index is -0.0986. The quantitative estimate of drug-likeness (QED) is 0.716. The molecular formula is C26H37N3O3. The average molecular weight is 440 g/mol. The summed E-state index contributed by atoms with van der Waals surface area (Å²) in [5.41, 5.74) is 2.87. The number of likely N-dealkylation sites (tertiary alicyclic amines) is 1. The van der Waals surface area contributed by atoms with Gasteiger partial charge in [-0.05, 0) is 69.2 Å². The maximum Gasteiger partial charge on any atom is 0.410 e. The van der Waals surface area contributed by atoms with Crippen LogP contribution in [0.4, 0.5) is 4.79 Å². The van der Waals surface area contributed by atoms with Gasteiger partial charge >= 0.3 is 6.09 Å². The third kappa shape index (κ3) is 3.81. The molecule has 1 spiro atoms. The summed E-state index contributed by atoms with van der Waals surface area (Å²) in [6.07, 6.45) is 7.34. The standard InChI is InChI=1S/C26H37N3O3/c1-3-14-32-25(31)29-21-8-9-22(29)16-23(15-21)27-12-10-26(11-13-27)18-28(19(2)30)17-20-6-4-5-7-24(20)26/h4-7,21-23H,3,8-18H2,1-2H3. The number of piperidine rings is 2. The molecule has 0 N–H and O–H groups in total. The first-order valence-electron chi connectivity index (χ1n) is 12.5. The Hall–Kier alpha value is -2.08. The van der Waals surface area contributed by atoms with E-state index in [0.29, 0.717) is 24.7 Å². The van der Waals surface area contributed by atoms with Crippen LogP contribution in [0.25, 0.3) is 0 Å². The molecule has 174 valence electrons. The maximum atomic E-state index is 12.6. The van der Waals surface area contributed by atoms with Gasteiger partial charge in [-0.25, -0.2) is 4.79 Å². The lowest BCUT2D eigenvalue weighted by Crippen LogP contribution is -2.57. The molecule has 4 heterocycles. The Morgan fingerprint density at radius 2 is 1.75 bits per heavy atom. The van der Waals surface area contributed by atoms with Gasteiger partial charge in [0.05, 0.1) is 6.61 Å². The van der Waals surface area contributed by atoms with Gasteiger partial charge in [-0.3, -0.25) is 4.79 Å². The van der Waals surface area contributed by atoms with Crippen molar-refractivity contribution in [3.05, 3.63) is 35.4 Å². The molecule has 2 amide bonds. The summed E-state index contributed by atoms with van der Waals surface area (Å²) in [5, 5.41) is 0. The van der Waals surface area contributed by atoms with Crippen molar-refractivity contribution in [2.24, 2.45) is 0 Å². The molecule has 5 rings (SSSR count). The monoisotopic (exact) mass is 439 g/mol. The number of carbonyl (C=O) groups excluding carboxylic acids is 2. The molecule has 0 radical (unpaired) electrons. The Morgan fingerprint density at radius 1 is 1.06 bits per heavy atom. The Bertz CT molecular complexity index is 850. The van der Waals surface area contributed by atoms with Crippen molar-refractivity contribution in [3.8, 4) is 0 Å². The molecule has 2 atom stereocenters. The van der Waals surface area contributed by atoms with Crippen molar-refractivity contribution >= 4 is 12.0 Å². The molecule has 1 aromatic carbocycles. The third-order valence-corrected chi connectivity index (χ3v) is 8.51. The topological polar surface area (TPSA) is 53.1 Å². The number of hydrogen-bond acceptors (Lipinski definition) is 4. The molecule has 6 heteroatoms. The second-order valence-corrected chi connectivity index (χ2v) is 10.4. The van der Waals surface area contributed by atoms with Crippen LogP contribution in [0.15, 0.2) is 24.3 Å². The van der Waals surface area contributed by atoms with Crippen molar-refractivity contribution in [1.29, 1.82) is 0 Å². The van der Waals surface area contributed by atoms with Gasteiger partial charge in [0.1, 0.15) is 0 Å². The van der Waals surface area contributed by atoms with Gasteiger partial charge in [0.25, 0.3) is 0 Å². The summed E-state index contributed by atoms with van der Waals surface area (Å²) in [6, 6.07) is 9.97. The van der Waals surface area contributed by atoms with Gasteiger partial charge in [0, 0.05) is 43.6 Å². The second-order valence-electron chi connectivity index (χ2n) is 10.4. The number of ether oxygens (including phenoxy) is 1. The zero-order chi connectivity index (χ0) is 22.3. The first kappa shape index (κ1) is 21.7. The summed E-state index contributed by atoms with van der Waals surface area (Å²) in [5.74, 6) is 0.181. The summed E-state index contributed by atoms with van der Waals surface area (Å²) >= 11 is 0. The number of nitrogens with zero attached hydrogens (tertiary/aromatic N) is 3. The zero-order valence-electron chi connectivity index (χ0n) is 19.6. The predicted molar refractivity (Wildman–Crippen MR) is 123 cm³/mol. The molecular weight excluding hydrogens is 402 g/mol. The van der Waals surface area contributed by atoms with Gasteiger partial charge < -0.3 is 19.4 Å². The van der Waals surface area contributed by atoms with Crippen molar-refractivity contribution < 1.29 is 14.3 Å². The minimum absolute atomic E-state index is 0.0840. The van der Waals surface area contributed by atoms with Crippen LogP contribution >= 0.6 is 0 Å². The molecule has 0 saturated carbocycles. The first-order valence-corrected chi connectivity index (χ1v) is 12.5. The van der Waals surface area contributed by atoms with E-state index in [2.05, 4.69) is 34.1 Å². The molecule has 3 saturated heterocycles. The fraction of sp³-hybridized carbons (Fsp3) is 0.692. The molecule has 2 bridgehead atoms. The van der Waals surface area contributed by atoms with Crippen LogP contribution in [0.3, 0.4) is 0 Å². The SMILES string of the molecule is CCCOC(=O)N1C2CCC1CC(N1CCC3(CC1)CN(C(C)=O)Cc1ccccc13)C2. The fourth-order valence-corrected chi connectivity index (χ4v) is 6.86. The van der Waals surface area contributed by atoms with Crippen LogP contribution in [-0.4, -0.2) is 71.1 Å². The minimum Gasteiger partial charge on any atom is -0.449 e. The molecule has 1 aromatic rings. The van der Waals surface area contributed by atoms with Crippen LogP contribution in [0.2, 0.25) is 0 Å². The van der Waals surface area contributed by atoms with Crippen LogP contribution in [-0.2, 0) is 21.5 Å². The van der Waals surface area contributed by atoms with Gasteiger partial charge in [0.2, 0.25) is 5.91 Å². The molecule has 0 aliphatic carbocycles. The van der Waals surface area contributed by atoms with Gasteiger partial charge in [-0.2, -0.15) is 0 Å². The normalized spacial score (nSPS) is 29.1. The molecule has 4 aliphatic rings. The number of rotatable bonds is 3. The molecule has 6 nitrogen and oxygen atoms in total. The highest BCUT2D eigenvalue weighted by atomic mass is 16.6. The van der Waals surface area contributed by atoms with Crippen molar-refractivity contribution in [2.75, 3.05) is 26.2 Å². The Morgan fingerprint density at radius 3 is 2.41 bits per heavy atom. The summed E-state index contributed by atoms with van der Waals surface area (Å²) in [4.78, 5) is 31.6. The third-order valence-electron chi connectivity index (χ3n) is 8.51. The number of fused-ring (bicyclic) bond motifs is 4.